The summed E-state index contributed by atoms with van der Waals surface area (Å²) in [6.45, 7) is 11.0. The normalized spacial score (nSPS) is 11.8. The molecule has 0 bridgehead atoms. The van der Waals surface area contributed by atoms with E-state index >= 15 is 0 Å². The molecule has 1 aromatic heterocycles. The smallest absolute Gasteiger partial charge is 0.333 e. The Kier molecular flexibility index (Phi) is 10.3. The number of hydrogen-bond donors (Lipinski definition) is 1. The van der Waals surface area contributed by atoms with Crippen molar-refractivity contribution in [3.05, 3.63) is 58.3 Å². The van der Waals surface area contributed by atoms with Crippen LogP contribution in [-0.2, 0) is 28.9 Å². The number of carboxylic acids is 1. The molecule has 8 heteroatoms. The van der Waals surface area contributed by atoms with E-state index in [0.717, 1.165) is 24.0 Å². The van der Waals surface area contributed by atoms with Gasteiger partial charge in [-0.15, -0.1) is 0 Å². The van der Waals surface area contributed by atoms with E-state index in [-0.39, 0.29) is 12.0 Å². The van der Waals surface area contributed by atoms with Crippen LogP contribution in [0.1, 0.15) is 50.7 Å². The Balaban J connectivity index is 2.15. The van der Waals surface area contributed by atoms with Crippen LogP contribution in [0.25, 0.3) is 5.57 Å². The highest BCUT2D eigenvalue weighted by Crippen LogP contribution is 2.24. The van der Waals surface area contributed by atoms with Crippen molar-refractivity contribution in [2.24, 2.45) is 0 Å². The summed E-state index contributed by atoms with van der Waals surface area (Å²) < 4.78 is 12.8. The number of anilines is 1. The van der Waals surface area contributed by atoms with Crippen molar-refractivity contribution in [2.75, 3.05) is 32.2 Å². The van der Waals surface area contributed by atoms with Gasteiger partial charge in [0.25, 0.3) is 5.56 Å². The summed E-state index contributed by atoms with van der Waals surface area (Å²) in [6, 6.07) is 7.25. The van der Waals surface area contributed by atoms with Gasteiger partial charge in [-0.25, -0.2) is 9.78 Å². The summed E-state index contributed by atoms with van der Waals surface area (Å²) in [6.07, 6.45) is 1.76. The number of allylic oxidation sites excluding steroid dienone is 1. The van der Waals surface area contributed by atoms with Crippen LogP contribution < -0.4 is 15.2 Å². The number of aryl methyl sites for hydroxylation is 1. The molecule has 0 spiro atoms. The lowest BCUT2D eigenvalue weighted by atomic mass is 10.1. The molecule has 8 nitrogen and oxygen atoms in total. The summed E-state index contributed by atoms with van der Waals surface area (Å²) >= 11 is 0. The third kappa shape index (κ3) is 6.93. The summed E-state index contributed by atoms with van der Waals surface area (Å²) in [5.41, 5.74) is 2.84. The summed E-state index contributed by atoms with van der Waals surface area (Å²) in [7, 11) is 3.69. The molecule has 0 saturated carbocycles. The monoisotopic (exact) mass is 471 g/mol. The lowest BCUT2D eigenvalue weighted by Crippen LogP contribution is -2.33. The molecule has 1 N–H and O–H groups in total. The second-order valence-electron chi connectivity index (χ2n) is 8.26. The van der Waals surface area contributed by atoms with Gasteiger partial charge in [-0.3, -0.25) is 9.36 Å². The molecule has 0 radical (unpaired) electrons. The molecule has 0 fully saturated rings. The third-order valence-corrected chi connectivity index (χ3v) is 5.45. The Hall–Kier alpha value is -3.13. The average molecular weight is 472 g/mol. The van der Waals surface area contributed by atoms with E-state index in [1.165, 1.54) is 0 Å². The van der Waals surface area contributed by atoms with Gasteiger partial charge in [0, 0.05) is 33.5 Å². The van der Waals surface area contributed by atoms with Crippen LogP contribution in [0.4, 0.5) is 5.69 Å². The molecule has 186 valence electrons. The fraction of sp³-hybridized carbons (Fsp3) is 0.500. The number of nitrogens with zero attached hydrogens (tertiary/aromatic N) is 3. The van der Waals surface area contributed by atoms with Crippen molar-refractivity contribution >= 4 is 17.2 Å². The number of benzene rings is 1. The average Bonchev–Trinajstić information content (AvgIpc) is 2.80. The largest absolute Gasteiger partial charge is 0.492 e. The molecule has 1 unspecified atom stereocenters. The summed E-state index contributed by atoms with van der Waals surface area (Å²) in [5.74, 6) is 0.374. The number of aromatic nitrogens is 2. The number of hydrogen-bond acceptors (Lipinski definition) is 6. The van der Waals surface area contributed by atoms with E-state index in [9.17, 15) is 14.7 Å². The first-order chi connectivity index (χ1) is 16.2. The van der Waals surface area contributed by atoms with Gasteiger partial charge in [0.15, 0.2) is 6.10 Å². The maximum atomic E-state index is 13.3. The van der Waals surface area contributed by atoms with Crippen molar-refractivity contribution in [1.82, 2.24) is 9.55 Å². The van der Waals surface area contributed by atoms with E-state index in [1.54, 1.807) is 28.5 Å². The van der Waals surface area contributed by atoms with Crippen LogP contribution in [0.5, 0.6) is 5.75 Å². The van der Waals surface area contributed by atoms with E-state index in [1.807, 2.05) is 33.2 Å². The summed E-state index contributed by atoms with van der Waals surface area (Å²) in [5, 5.41) is 9.25. The molecule has 0 aliphatic heterocycles. The van der Waals surface area contributed by atoms with E-state index in [2.05, 4.69) is 13.5 Å². The second-order valence-corrected chi connectivity index (χ2v) is 8.26. The van der Waals surface area contributed by atoms with Gasteiger partial charge in [0.2, 0.25) is 0 Å². The molecule has 0 aliphatic rings. The van der Waals surface area contributed by atoms with Crippen LogP contribution >= 0.6 is 0 Å². The number of ether oxygens (including phenoxy) is 2. The van der Waals surface area contributed by atoms with Gasteiger partial charge in [0.05, 0.1) is 12.2 Å². The highest BCUT2D eigenvalue weighted by molar-refractivity contribution is 5.73. The van der Waals surface area contributed by atoms with Crippen LogP contribution in [0.2, 0.25) is 0 Å². The highest BCUT2D eigenvalue weighted by atomic mass is 16.5. The van der Waals surface area contributed by atoms with E-state index in [4.69, 9.17) is 14.5 Å². The third-order valence-electron chi connectivity index (χ3n) is 5.45. The fourth-order valence-electron chi connectivity index (χ4n) is 3.77. The Morgan fingerprint density at radius 2 is 1.88 bits per heavy atom. The maximum Gasteiger partial charge on any atom is 0.333 e. The lowest BCUT2D eigenvalue weighted by molar-refractivity contribution is -0.149. The Bertz CT molecular complexity index is 1030. The van der Waals surface area contributed by atoms with Gasteiger partial charge in [-0.2, -0.15) is 0 Å². The fourth-order valence-corrected chi connectivity index (χ4v) is 3.77. The molecule has 2 aromatic rings. The Labute approximate surface area is 201 Å². The Morgan fingerprint density at radius 1 is 1.21 bits per heavy atom. The van der Waals surface area contributed by atoms with Gasteiger partial charge >= 0.3 is 5.97 Å². The molecule has 1 heterocycles. The predicted molar refractivity (Wildman–Crippen MR) is 135 cm³/mol. The SMILES string of the molecule is C=C(CCC)c1nc(CC)n(CCOc2ccc(CC(OCC)C(=O)O)cc2)c(=O)c1N(C)C. The molecule has 0 amide bonds. The first kappa shape index (κ1) is 27.1. The second kappa shape index (κ2) is 12.9. The zero-order valence-corrected chi connectivity index (χ0v) is 21.0. The van der Waals surface area contributed by atoms with Gasteiger partial charge in [-0.05, 0) is 36.6 Å². The van der Waals surface area contributed by atoms with Crippen molar-refractivity contribution in [1.29, 1.82) is 0 Å². The topological polar surface area (TPSA) is 93.9 Å². The predicted octanol–water partition coefficient (Wildman–Crippen LogP) is 3.80. The lowest BCUT2D eigenvalue weighted by Gasteiger charge is -2.21. The van der Waals surface area contributed by atoms with Crippen molar-refractivity contribution in [3.63, 3.8) is 0 Å². The number of carboxylic acid groups (broad SMARTS) is 1. The van der Waals surface area contributed by atoms with Crippen LogP contribution in [0, 0.1) is 0 Å². The first-order valence-electron chi connectivity index (χ1n) is 11.8. The van der Waals surface area contributed by atoms with Crippen molar-refractivity contribution in [3.8, 4) is 5.75 Å². The summed E-state index contributed by atoms with van der Waals surface area (Å²) in [4.78, 5) is 31.2. The zero-order valence-electron chi connectivity index (χ0n) is 21.0. The van der Waals surface area contributed by atoms with Gasteiger partial charge in [0.1, 0.15) is 23.9 Å². The minimum Gasteiger partial charge on any atom is -0.492 e. The zero-order chi connectivity index (χ0) is 25.3. The molecule has 0 saturated heterocycles. The molecular weight excluding hydrogens is 434 g/mol. The van der Waals surface area contributed by atoms with E-state index in [0.29, 0.717) is 49.1 Å². The minimum absolute atomic E-state index is 0.0984. The van der Waals surface area contributed by atoms with Crippen LogP contribution in [0.15, 0.2) is 35.6 Å². The van der Waals surface area contributed by atoms with Crippen LogP contribution in [0.3, 0.4) is 0 Å². The molecule has 1 atom stereocenters. The van der Waals surface area contributed by atoms with Crippen molar-refractivity contribution < 1.29 is 19.4 Å². The molecule has 2 rings (SSSR count). The first-order valence-corrected chi connectivity index (χ1v) is 11.8. The number of carbonyl (C=O) groups is 1. The maximum absolute atomic E-state index is 13.3. The molecule has 1 aromatic carbocycles. The molecule has 0 aliphatic carbocycles. The Morgan fingerprint density at radius 3 is 2.41 bits per heavy atom. The number of rotatable bonds is 14. The quantitative estimate of drug-likeness (QED) is 0.448. The van der Waals surface area contributed by atoms with Gasteiger partial charge < -0.3 is 19.5 Å². The molecule has 34 heavy (non-hydrogen) atoms. The highest BCUT2D eigenvalue weighted by Gasteiger charge is 2.20. The van der Waals surface area contributed by atoms with E-state index < -0.39 is 12.1 Å². The minimum atomic E-state index is -0.977. The molecular formula is C26H37N3O5. The van der Waals surface area contributed by atoms with Gasteiger partial charge in [-0.1, -0.05) is 39.0 Å². The standard InChI is InChI=1S/C26H37N3O5/c1-7-10-18(4)23-24(28(5)6)25(30)29(22(8-2)27-23)15-16-34-20-13-11-19(12-14-20)17-21(26(31)32)33-9-3/h11-14,21H,4,7-10,15-17H2,1-3,5-6H3,(H,31,32). The van der Waals surface area contributed by atoms with Crippen LogP contribution in [-0.4, -0.2) is 54.0 Å². The number of aliphatic carboxylic acids is 1. The van der Waals surface area contributed by atoms with Crippen molar-refractivity contribution in [2.45, 2.75) is 59.1 Å².